The zero-order valence-corrected chi connectivity index (χ0v) is 15.7. The molecule has 0 aliphatic carbocycles. The third kappa shape index (κ3) is 5.94. The molecular formula is C18H27NO6. The zero-order chi connectivity index (χ0) is 19.2. The van der Waals surface area contributed by atoms with Gasteiger partial charge in [0.15, 0.2) is 0 Å². The quantitative estimate of drug-likeness (QED) is 0.789. The lowest BCUT2D eigenvalue weighted by Gasteiger charge is -2.29. The van der Waals surface area contributed by atoms with Crippen molar-refractivity contribution in [2.24, 2.45) is 0 Å². The summed E-state index contributed by atoms with van der Waals surface area (Å²) in [6.07, 6.45) is -0.459. The standard InChI is InChI=1S/C18H27NO6/c1-18(2,3)25-17(22)19(4)14(16(21)24-6)10-13-9-12(11-20)7-8-15(13)23-5/h7-9,14,20H,10-11H2,1-6H3/t14-/m0/s1. The van der Waals surface area contributed by atoms with Crippen molar-refractivity contribution in [2.45, 2.75) is 45.4 Å². The molecule has 1 aromatic rings. The van der Waals surface area contributed by atoms with Crippen molar-refractivity contribution in [3.8, 4) is 5.75 Å². The molecule has 0 aliphatic rings. The van der Waals surface area contributed by atoms with Gasteiger partial charge in [-0.3, -0.25) is 4.90 Å². The van der Waals surface area contributed by atoms with Gasteiger partial charge in [0.1, 0.15) is 17.4 Å². The second-order valence-corrected chi connectivity index (χ2v) is 6.64. The van der Waals surface area contributed by atoms with E-state index in [0.29, 0.717) is 16.9 Å². The zero-order valence-electron chi connectivity index (χ0n) is 15.7. The van der Waals surface area contributed by atoms with E-state index in [1.807, 2.05) is 0 Å². The summed E-state index contributed by atoms with van der Waals surface area (Å²) in [5, 5.41) is 9.32. The van der Waals surface area contributed by atoms with Crippen molar-refractivity contribution in [3.05, 3.63) is 29.3 Å². The van der Waals surface area contributed by atoms with E-state index in [1.54, 1.807) is 39.0 Å². The molecule has 0 heterocycles. The van der Waals surface area contributed by atoms with Crippen molar-refractivity contribution in [1.29, 1.82) is 0 Å². The first-order valence-electron chi connectivity index (χ1n) is 7.93. The number of aliphatic hydroxyl groups excluding tert-OH is 1. The molecule has 140 valence electrons. The number of nitrogens with zero attached hydrogens (tertiary/aromatic N) is 1. The number of methoxy groups -OCH3 is 2. The molecule has 25 heavy (non-hydrogen) atoms. The van der Waals surface area contributed by atoms with Crippen LogP contribution < -0.4 is 4.74 Å². The van der Waals surface area contributed by atoms with Gasteiger partial charge in [0.25, 0.3) is 0 Å². The minimum Gasteiger partial charge on any atom is -0.496 e. The van der Waals surface area contributed by atoms with Crippen molar-refractivity contribution >= 4 is 12.1 Å². The van der Waals surface area contributed by atoms with Gasteiger partial charge in [0, 0.05) is 13.5 Å². The summed E-state index contributed by atoms with van der Waals surface area (Å²) in [5.74, 6) is -0.00601. The third-order valence-electron chi connectivity index (χ3n) is 3.56. The Morgan fingerprint density at radius 1 is 1.24 bits per heavy atom. The molecule has 0 saturated heterocycles. The van der Waals surface area contributed by atoms with Gasteiger partial charge in [-0.15, -0.1) is 0 Å². The highest BCUT2D eigenvalue weighted by Gasteiger charge is 2.32. The largest absolute Gasteiger partial charge is 0.496 e. The maximum Gasteiger partial charge on any atom is 0.410 e. The van der Waals surface area contributed by atoms with Crippen LogP contribution in [0.4, 0.5) is 4.79 Å². The first-order valence-corrected chi connectivity index (χ1v) is 7.93. The van der Waals surface area contributed by atoms with E-state index in [9.17, 15) is 14.7 Å². The molecule has 0 unspecified atom stereocenters. The average molecular weight is 353 g/mol. The van der Waals surface area contributed by atoms with Crippen LogP contribution in [-0.4, -0.2) is 55.0 Å². The Morgan fingerprint density at radius 2 is 1.88 bits per heavy atom. The van der Waals surface area contributed by atoms with E-state index in [4.69, 9.17) is 14.2 Å². The lowest BCUT2D eigenvalue weighted by atomic mass is 10.0. The summed E-state index contributed by atoms with van der Waals surface area (Å²) < 4.78 is 15.5. The Kier molecular flexibility index (Phi) is 7.23. The molecule has 0 aromatic heterocycles. The second-order valence-electron chi connectivity index (χ2n) is 6.64. The van der Waals surface area contributed by atoms with Crippen molar-refractivity contribution < 1.29 is 28.9 Å². The molecule has 1 N–H and O–H groups in total. The highest BCUT2D eigenvalue weighted by molar-refractivity contribution is 5.81. The fourth-order valence-electron chi connectivity index (χ4n) is 2.27. The number of esters is 1. The molecule has 7 nitrogen and oxygen atoms in total. The molecule has 0 aliphatic heterocycles. The number of hydrogen-bond acceptors (Lipinski definition) is 6. The fraction of sp³-hybridized carbons (Fsp3) is 0.556. The van der Waals surface area contributed by atoms with Gasteiger partial charge in [-0.1, -0.05) is 6.07 Å². The maximum atomic E-state index is 12.3. The number of likely N-dealkylation sites (N-methyl/N-ethyl adjacent to an activating group) is 1. The van der Waals surface area contributed by atoms with Crippen molar-refractivity contribution in [1.82, 2.24) is 4.90 Å². The molecule has 0 saturated carbocycles. The molecular weight excluding hydrogens is 326 g/mol. The molecule has 7 heteroatoms. The fourth-order valence-corrected chi connectivity index (χ4v) is 2.27. The molecule has 0 spiro atoms. The number of carbonyl (C=O) groups is 2. The number of hydrogen-bond donors (Lipinski definition) is 1. The number of benzene rings is 1. The topological polar surface area (TPSA) is 85.3 Å². The number of amides is 1. The minimum absolute atomic E-state index is 0.137. The predicted molar refractivity (Wildman–Crippen MR) is 92.4 cm³/mol. The van der Waals surface area contributed by atoms with Crippen LogP contribution in [0, 0.1) is 0 Å². The van der Waals surface area contributed by atoms with Crippen LogP contribution >= 0.6 is 0 Å². The van der Waals surface area contributed by atoms with Gasteiger partial charge in [-0.05, 0) is 44.0 Å². The van der Waals surface area contributed by atoms with Crippen LogP contribution in [-0.2, 0) is 27.3 Å². The highest BCUT2D eigenvalue weighted by Crippen LogP contribution is 2.24. The first kappa shape index (κ1) is 20.8. The predicted octanol–water partition coefficient (Wildman–Crippen LogP) is 2.14. The number of rotatable bonds is 6. The average Bonchev–Trinajstić information content (AvgIpc) is 2.56. The number of aliphatic hydroxyl groups is 1. The molecule has 1 rings (SSSR count). The molecule has 1 aromatic carbocycles. The van der Waals surface area contributed by atoms with E-state index >= 15 is 0 Å². The Hall–Kier alpha value is -2.28. The maximum absolute atomic E-state index is 12.3. The molecule has 0 radical (unpaired) electrons. The molecule has 1 atom stereocenters. The van der Waals surface area contributed by atoms with Gasteiger partial charge >= 0.3 is 12.1 Å². The van der Waals surface area contributed by atoms with E-state index in [-0.39, 0.29) is 13.0 Å². The van der Waals surface area contributed by atoms with Crippen LogP contribution in [0.5, 0.6) is 5.75 Å². The van der Waals surface area contributed by atoms with E-state index in [2.05, 4.69) is 0 Å². The van der Waals surface area contributed by atoms with Crippen LogP contribution in [0.1, 0.15) is 31.9 Å². The van der Waals surface area contributed by atoms with Gasteiger partial charge < -0.3 is 19.3 Å². The van der Waals surface area contributed by atoms with E-state index in [0.717, 1.165) is 0 Å². The van der Waals surface area contributed by atoms with Crippen molar-refractivity contribution in [2.75, 3.05) is 21.3 Å². The SMILES string of the molecule is COC(=O)[C@H](Cc1cc(CO)ccc1OC)N(C)C(=O)OC(C)(C)C. The van der Waals surface area contributed by atoms with Gasteiger partial charge in [-0.2, -0.15) is 0 Å². The summed E-state index contributed by atoms with van der Waals surface area (Å²) in [6, 6.07) is 4.29. The lowest BCUT2D eigenvalue weighted by Crippen LogP contribution is -2.46. The van der Waals surface area contributed by atoms with Gasteiger partial charge in [-0.25, -0.2) is 9.59 Å². The summed E-state index contributed by atoms with van der Waals surface area (Å²) in [4.78, 5) is 25.7. The number of carbonyl (C=O) groups excluding carboxylic acids is 2. The molecule has 1 amide bonds. The third-order valence-corrected chi connectivity index (χ3v) is 3.56. The van der Waals surface area contributed by atoms with Crippen LogP contribution in [0.2, 0.25) is 0 Å². The Morgan fingerprint density at radius 3 is 2.36 bits per heavy atom. The summed E-state index contributed by atoms with van der Waals surface area (Å²) in [7, 11) is 4.26. The van der Waals surface area contributed by atoms with Crippen LogP contribution in [0.3, 0.4) is 0 Å². The Labute approximate surface area is 148 Å². The van der Waals surface area contributed by atoms with E-state index in [1.165, 1.54) is 26.2 Å². The Bertz CT molecular complexity index is 608. The summed E-state index contributed by atoms with van der Waals surface area (Å²) >= 11 is 0. The van der Waals surface area contributed by atoms with Crippen molar-refractivity contribution in [3.63, 3.8) is 0 Å². The Balaban J connectivity index is 3.12. The first-order chi connectivity index (χ1) is 11.6. The molecule has 0 bridgehead atoms. The smallest absolute Gasteiger partial charge is 0.410 e. The molecule has 0 fully saturated rings. The van der Waals surface area contributed by atoms with Gasteiger partial charge in [0.2, 0.25) is 0 Å². The number of ether oxygens (including phenoxy) is 3. The lowest BCUT2D eigenvalue weighted by molar-refractivity contribution is -0.146. The normalized spacial score (nSPS) is 12.3. The second kappa shape index (κ2) is 8.71. The monoisotopic (exact) mass is 353 g/mol. The highest BCUT2D eigenvalue weighted by atomic mass is 16.6. The summed E-state index contributed by atoms with van der Waals surface area (Å²) in [5.41, 5.74) is 0.680. The van der Waals surface area contributed by atoms with Crippen LogP contribution in [0.15, 0.2) is 18.2 Å². The summed E-state index contributed by atoms with van der Waals surface area (Å²) in [6.45, 7) is 5.11. The van der Waals surface area contributed by atoms with Gasteiger partial charge in [0.05, 0.1) is 20.8 Å². The minimum atomic E-state index is -0.886. The van der Waals surface area contributed by atoms with Crippen LogP contribution in [0.25, 0.3) is 0 Å². The van der Waals surface area contributed by atoms with E-state index < -0.39 is 23.7 Å².